The largest absolute Gasteiger partial charge is 0.289 e. The van der Waals surface area contributed by atoms with Crippen molar-refractivity contribution in [3.63, 3.8) is 0 Å². The van der Waals surface area contributed by atoms with Crippen LogP contribution in [-0.2, 0) is 6.54 Å². The average Bonchev–Trinajstić information content (AvgIpc) is 3.45. The summed E-state index contributed by atoms with van der Waals surface area (Å²) in [6.07, 6.45) is 1.54. The molecule has 0 aliphatic rings. The van der Waals surface area contributed by atoms with Crippen LogP contribution >= 0.6 is 23.2 Å². The number of nitrogens with one attached hydrogen (secondary N) is 1. The van der Waals surface area contributed by atoms with Crippen LogP contribution in [0, 0.1) is 6.92 Å². The Morgan fingerprint density at radius 2 is 1.66 bits per heavy atom. The molecule has 7 nitrogen and oxygen atoms in total. The van der Waals surface area contributed by atoms with E-state index in [9.17, 15) is 4.79 Å². The predicted octanol–water partition coefficient (Wildman–Crippen LogP) is 6.05. The first-order chi connectivity index (χ1) is 17.0. The molecule has 3 aromatic carbocycles. The van der Waals surface area contributed by atoms with Gasteiger partial charge in [-0.15, -0.1) is 5.10 Å². The molecule has 1 N–H and O–H groups in total. The standard InChI is InChI=1S/C26H20Cl2N6O/c1-17-23(24(18-8-4-2-5-9-18)31-34(17)21-10-6-3-7-11-21)25(35)30-26-29-16-33(32-26)15-19-12-13-20(27)14-22(19)28/h2-14,16H,15H2,1H3,(H,30,32,35). The van der Waals surface area contributed by atoms with Crippen LogP contribution in [0.1, 0.15) is 21.6 Å². The highest BCUT2D eigenvalue weighted by atomic mass is 35.5. The number of para-hydroxylation sites is 1. The third-order valence-electron chi connectivity index (χ3n) is 5.50. The van der Waals surface area contributed by atoms with Crippen molar-refractivity contribution in [1.82, 2.24) is 24.5 Å². The van der Waals surface area contributed by atoms with Crippen molar-refractivity contribution in [3.05, 3.63) is 112 Å². The maximum atomic E-state index is 13.4. The van der Waals surface area contributed by atoms with Crippen LogP contribution in [0.15, 0.2) is 85.2 Å². The molecule has 2 heterocycles. The summed E-state index contributed by atoms with van der Waals surface area (Å²) in [6, 6.07) is 24.6. The van der Waals surface area contributed by atoms with Gasteiger partial charge in [0.2, 0.25) is 5.95 Å². The molecule has 5 aromatic rings. The Morgan fingerprint density at radius 1 is 0.943 bits per heavy atom. The Labute approximate surface area is 212 Å². The van der Waals surface area contributed by atoms with E-state index in [0.717, 1.165) is 16.8 Å². The molecule has 0 aliphatic heterocycles. The highest BCUT2D eigenvalue weighted by molar-refractivity contribution is 6.35. The minimum Gasteiger partial charge on any atom is -0.289 e. The number of halogens is 2. The molecule has 0 radical (unpaired) electrons. The van der Waals surface area contributed by atoms with Crippen molar-refractivity contribution in [3.8, 4) is 16.9 Å². The SMILES string of the molecule is Cc1c(C(=O)Nc2ncn(Cc3ccc(Cl)cc3Cl)n2)c(-c2ccccc2)nn1-c1ccccc1. The maximum absolute atomic E-state index is 13.4. The number of hydrogen-bond donors (Lipinski definition) is 1. The summed E-state index contributed by atoms with van der Waals surface area (Å²) in [5.74, 6) is -0.156. The van der Waals surface area contributed by atoms with Gasteiger partial charge >= 0.3 is 0 Å². The highest BCUT2D eigenvalue weighted by Gasteiger charge is 2.24. The van der Waals surface area contributed by atoms with Crippen molar-refractivity contribution in [1.29, 1.82) is 0 Å². The number of rotatable bonds is 6. The first-order valence-electron chi connectivity index (χ1n) is 10.8. The summed E-state index contributed by atoms with van der Waals surface area (Å²) in [5, 5.41) is 13.1. The lowest BCUT2D eigenvalue weighted by Crippen LogP contribution is -2.15. The molecular formula is C26H20Cl2N6O. The molecule has 0 aliphatic carbocycles. The fourth-order valence-corrected chi connectivity index (χ4v) is 4.28. The van der Waals surface area contributed by atoms with Gasteiger partial charge in [-0.2, -0.15) is 5.10 Å². The van der Waals surface area contributed by atoms with Crippen LogP contribution in [-0.4, -0.2) is 30.5 Å². The Morgan fingerprint density at radius 3 is 2.37 bits per heavy atom. The first-order valence-corrected chi connectivity index (χ1v) is 11.6. The fraction of sp³-hybridized carbons (Fsp3) is 0.0769. The zero-order valence-electron chi connectivity index (χ0n) is 18.7. The molecule has 35 heavy (non-hydrogen) atoms. The van der Waals surface area contributed by atoms with E-state index >= 15 is 0 Å². The van der Waals surface area contributed by atoms with E-state index in [1.54, 1.807) is 27.8 Å². The molecule has 2 aromatic heterocycles. The molecule has 5 rings (SSSR count). The van der Waals surface area contributed by atoms with E-state index in [-0.39, 0.29) is 11.9 Å². The summed E-state index contributed by atoms with van der Waals surface area (Å²) >= 11 is 12.2. The third-order valence-corrected chi connectivity index (χ3v) is 6.09. The molecule has 0 atom stereocenters. The van der Waals surface area contributed by atoms with Crippen LogP contribution < -0.4 is 5.32 Å². The van der Waals surface area contributed by atoms with Crippen LogP contribution in [0.4, 0.5) is 5.95 Å². The van der Waals surface area contributed by atoms with E-state index < -0.39 is 0 Å². The van der Waals surface area contributed by atoms with E-state index in [2.05, 4.69) is 15.4 Å². The van der Waals surface area contributed by atoms with E-state index in [1.165, 1.54) is 0 Å². The van der Waals surface area contributed by atoms with Crippen molar-refractivity contribution < 1.29 is 4.79 Å². The molecule has 1 amide bonds. The number of nitrogens with zero attached hydrogens (tertiary/aromatic N) is 5. The number of hydrogen-bond acceptors (Lipinski definition) is 4. The molecule has 0 spiro atoms. The molecule has 0 saturated carbocycles. The molecule has 0 fully saturated rings. The number of amides is 1. The second-order valence-corrected chi connectivity index (χ2v) is 8.72. The second kappa shape index (κ2) is 9.74. The zero-order chi connectivity index (χ0) is 24.4. The maximum Gasteiger partial charge on any atom is 0.262 e. The fourth-order valence-electron chi connectivity index (χ4n) is 3.81. The van der Waals surface area contributed by atoms with Crippen molar-refractivity contribution in [2.45, 2.75) is 13.5 Å². The number of aromatic nitrogens is 5. The lowest BCUT2D eigenvalue weighted by atomic mass is 10.1. The monoisotopic (exact) mass is 502 g/mol. The average molecular weight is 503 g/mol. The van der Waals surface area contributed by atoms with Gasteiger partial charge in [0.25, 0.3) is 5.91 Å². The van der Waals surface area contributed by atoms with Gasteiger partial charge in [-0.05, 0) is 36.8 Å². The summed E-state index contributed by atoms with van der Waals surface area (Å²) < 4.78 is 3.37. The Kier molecular flexibility index (Phi) is 6.35. The van der Waals surface area contributed by atoms with Crippen LogP contribution in [0.25, 0.3) is 16.9 Å². The second-order valence-electron chi connectivity index (χ2n) is 7.88. The quantitative estimate of drug-likeness (QED) is 0.306. The van der Waals surface area contributed by atoms with Crippen molar-refractivity contribution >= 4 is 35.1 Å². The molecular weight excluding hydrogens is 483 g/mol. The van der Waals surface area contributed by atoms with Gasteiger partial charge in [0.15, 0.2) is 0 Å². The molecule has 9 heteroatoms. The van der Waals surface area contributed by atoms with Crippen LogP contribution in [0.2, 0.25) is 10.0 Å². The Hall–Kier alpha value is -3.94. The van der Waals surface area contributed by atoms with Crippen molar-refractivity contribution in [2.24, 2.45) is 0 Å². The third kappa shape index (κ3) is 4.82. The summed E-state index contributed by atoms with van der Waals surface area (Å²) in [6.45, 7) is 2.26. The van der Waals surface area contributed by atoms with Crippen LogP contribution in [0.5, 0.6) is 0 Å². The number of carbonyl (C=O) groups excluding carboxylic acids is 1. The first kappa shape index (κ1) is 22.8. The summed E-state index contributed by atoms with van der Waals surface area (Å²) in [5.41, 5.74) is 4.29. The van der Waals surface area contributed by atoms with Gasteiger partial charge < -0.3 is 0 Å². The van der Waals surface area contributed by atoms with Gasteiger partial charge in [-0.3, -0.25) is 10.1 Å². The summed E-state index contributed by atoms with van der Waals surface area (Å²) in [7, 11) is 0. The summed E-state index contributed by atoms with van der Waals surface area (Å²) in [4.78, 5) is 17.7. The topological polar surface area (TPSA) is 77.6 Å². The van der Waals surface area contributed by atoms with Gasteiger partial charge in [0.1, 0.15) is 12.0 Å². The molecule has 0 unspecified atom stereocenters. The number of anilines is 1. The van der Waals surface area contributed by atoms with E-state index in [1.807, 2.05) is 73.7 Å². The van der Waals surface area contributed by atoms with Gasteiger partial charge in [0.05, 0.1) is 23.5 Å². The van der Waals surface area contributed by atoms with E-state index in [4.69, 9.17) is 28.3 Å². The lowest BCUT2D eigenvalue weighted by Gasteiger charge is -2.06. The van der Waals surface area contributed by atoms with Gasteiger partial charge in [-0.25, -0.2) is 14.3 Å². The minimum absolute atomic E-state index is 0.186. The lowest BCUT2D eigenvalue weighted by molar-refractivity contribution is 0.102. The predicted molar refractivity (Wildman–Crippen MR) is 137 cm³/mol. The molecule has 0 bridgehead atoms. The Balaban J connectivity index is 1.45. The number of carbonyl (C=O) groups is 1. The zero-order valence-corrected chi connectivity index (χ0v) is 20.2. The minimum atomic E-state index is -0.342. The van der Waals surface area contributed by atoms with Gasteiger partial charge in [-0.1, -0.05) is 77.8 Å². The van der Waals surface area contributed by atoms with Gasteiger partial charge in [0, 0.05) is 15.6 Å². The highest BCUT2D eigenvalue weighted by Crippen LogP contribution is 2.28. The smallest absolute Gasteiger partial charge is 0.262 e. The molecule has 0 saturated heterocycles. The molecule has 174 valence electrons. The number of benzene rings is 3. The Bertz CT molecular complexity index is 1500. The van der Waals surface area contributed by atoms with E-state index in [0.29, 0.717) is 33.5 Å². The normalized spacial score (nSPS) is 10.9. The van der Waals surface area contributed by atoms with Crippen molar-refractivity contribution in [2.75, 3.05) is 5.32 Å². The van der Waals surface area contributed by atoms with Crippen LogP contribution in [0.3, 0.4) is 0 Å².